The summed E-state index contributed by atoms with van der Waals surface area (Å²) in [4.78, 5) is 2.61. The molecule has 2 fully saturated rings. The van der Waals surface area contributed by atoms with Crippen molar-refractivity contribution in [2.24, 2.45) is 11.7 Å². The molecule has 0 aromatic carbocycles. The molecule has 100 valence electrons. The molecule has 3 nitrogen and oxygen atoms in total. The van der Waals surface area contributed by atoms with Crippen LogP contribution in [-0.2, 0) is 4.74 Å². The van der Waals surface area contributed by atoms with E-state index in [0.29, 0.717) is 12.0 Å². The Hall–Kier alpha value is -0.120. The molecule has 0 spiro atoms. The molecule has 0 aromatic rings. The third-order valence-electron chi connectivity index (χ3n) is 4.51. The predicted octanol–water partition coefficient (Wildman–Crippen LogP) is 2.00. The quantitative estimate of drug-likeness (QED) is 0.799. The maximum absolute atomic E-state index is 6.34. The first-order chi connectivity index (χ1) is 8.31. The average molecular weight is 240 g/mol. The molecule has 1 aliphatic heterocycles. The van der Waals surface area contributed by atoms with Crippen LogP contribution in [0.25, 0.3) is 0 Å². The van der Waals surface area contributed by atoms with Crippen LogP contribution in [0, 0.1) is 5.92 Å². The normalized spacial score (nSPS) is 28.8. The molecule has 2 unspecified atom stereocenters. The zero-order valence-electron chi connectivity index (χ0n) is 11.2. The summed E-state index contributed by atoms with van der Waals surface area (Å²) in [7, 11) is 0. The van der Waals surface area contributed by atoms with Gasteiger partial charge in [0.15, 0.2) is 0 Å². The molecule has 0 bridgehead atoms. The minimum Gasteiger partial charge on any atom is -0.381 e. The fraction of sp³-hybridized carbons (Fsp3) is 1.00. The van der Waals surface area contributed by atoms with E-state index in [4.69, 9.17) is 10.5 Å². The Morgan fingerprint density at radius 1 is 1.24 bits per heavy atom. The van der Waals surface area contributed by atoms with Crippen molar-refractivity contribution < 1.29 is 4.74 Å². The Labute approximate surface area is 106 Å². The van der Waals surface area contributed by atoms with Gasteiger partial charge in [-0.25, -0.2) is 0 Å². The monoisotopic (exact) mass is 240 g/mol. The van der Waals surface area contributed by atoms with Gasteiger partial charge in [-0.15, -0.1) is 0 Å². The van der Waals surface area contributed by atoms with E-state index in [1.807, 2.05) is 0 Å². The molecular formula is C14H28N2O. The van der Waals surface area contributed by atoms with Crippen molar-refractivity contribution in [2.45, 2.75) is 57.5 Å². The van der Waals surface area contributed by atoms with Crippen molar-refractivity contribution in [1.29, 1.82) is 0 Å². The van der Waals surface area contributed by atoms with Crippen molar-refractivity contribution in [2.75, 3.05) is 26.3 Å². The summed E-state index contributed by atoms with van der Waals surface area (Å²) < 4.78 is 5.44. The van der Waals surface area contributed by atoms with E-state index < -0.39 is 0 Å². The zero-order chi connectivity index (χ0) is 12.1. The van der Waals surface area contributed by atoms with Crippen LogP contribution in [-0.4, -0.2) is 43.3 Å². The van der Waals surface area contributed by atoms with Crippen molar-refractivity contribution in [1.82, 2.24) is 4.90 Å². The fourth-order valence-electron chi connectivity index (χ4n) is 3.29. The second-order valence-electron chi connectivity index (χ2n) is 5.67. The van der Waals surface area contributed by atoms with Gasteiger partial charge in [-0.1, -0.05) is 26.2 Å². The molecule has 2 rings (SSSR count). The fourth-order valence-corrected chi connectivity index (χ4v) is 3.29. The molecule has 1 aliphatic carbocycles. The van der Waals surface area contributed by atoms with Crippen LogP contribution < -0.4 is 5.73 Å². The lowest BCUT2D eigenvalue weighted by molar-refractivity contribution is 0.133. The van der Waals surface area contributed by atoms with Gasteiger partial charge in [0.25, 0.3) is 0 Å². The highest BCUT2D eigenvalue weighted by atomic mass is 16.5. The number of hydrogen-bond acceptors (Lipinski definition) is 3. The van der Waals surface area contributed by atoms with E-state index in [1.165, 1.54) is 32.1 Å². The van der Waals surface area contributed by atoms with Crippen LogP contribution in [0.15, 0.2) is 0 Å². The molecular weight excluding hydrogens is 212 g/mol. The molecule has 1 heterocycles. The average Bonchev–Trinajstić information content (AvgIpc) is 2.90. The highest BCUT2D eigenvalue weighted by molar-refractivity contribution is 4.83. The Bertz CT molecular complexity index is 210. The first kappa shape index (κ1) is 13.3. The number of likely N-dealkylation sites (N-methyl/N-ethyl adjacent to an activating group) is 1. The summed E-state index contributed by atoms with van der Waals surface area (Å²) in [5, 5.41) is 0. The minimum atomic E-state index is 0.305. The van der Waals surface area contributed by atoms with Crippen molar-refractivity contribution in [3.63, 3.8) is 0 Å². The van der Waals surface area contributed by atoms with Crippen LogP contribution >= 0.6 is 0 Å². The molecule has 0 radical (unpaired) electrons. The summed E-state index contributed by atoms with van der Waals surface area (Å²) in [6, 6.07) is 1.10. The number of nitrogens with two attached hydrogens (primary N) is 1. The third-order valence-corrected chi connectivity index (χ3v) is 4.51. The highest BCUT2D eigenvalue weighted by Crippen LogP contribution is 2.24. The van der Waals surface area contributed by atoms with Gasteiger partial charge >= 0.3 is 0 Å². The van der Waals surface area contributed by atoms with E-state index in [-0.39, 0.29) is 0 Å². The lowest BCUT2D eigenvalue weighted by atomic mass is 9.92. The first-order valence-corrected chi connectivity index (χ1v) is 7.38. The molecule has 1 saturated carbocycles. The second kappa shape index (κ2) is 6.72. The zero-order valence-corrected chi connectivity index (χ0v) is 11.2. The van der Waals surface area contributed by atoms with E-state index >= 15 is 0 Å². The van der Waals surface area contributed by atoms with Crippen LogP contribution in [0.2, 0.25) is 0 Å². The van der Waals surface area contributed by atoms with E-state index in [2.05, 4.69) is 11.8 Å². The lowest BCUT2D eigenvalue weighted by Gasteiger charge is -2.36. The molecule has 2 aliphatic rings. The Morgan fingerprint density at radius 3 is 2.59 bits per heavy atom. The molecule has 2 atom stereocenters. The Balaban J connectivity index is 1.80. The molecule has 1 saturated heterocycles. The van der Waals surface area contributed by atoms with Crippen molar-refractivity contribution in [3.05, 3.63) is 0 Å². The highest BCUT2D eigenvalue weighted by Gasteiger charge is 2.27. The van der Waals surface area contributed by atoms with Gasteiger partial charge in [0.1, 0.15) is 0 Å². The summed E-state index contributed by atoms with van der Waals surface area (Å²) >= 11 is 0. The predicted molar refractivity (Wildman–Crippen MR) is 71.0 cm³/mol. The van der Waals surface area contributed by atoms with Gasteiger partial charge < -0.3 is 10.5 Å². The topological polar surface area (TPSA) is 38.5 Å². The van der Waals surface area contributed by atoms with Gasteiger partial charge in [-0.05, 0) is 25.8 Å². The molecule has 2 N–H and O–H groups in total. The summed E-state index contributed by atoms with van der Waals surface area (Å²) in [5.41, 5.74) is 6.34. The van der Waals surface area contributed by atoms with Gasteiger partial charge in [-0.3, -0.25) is 4.90 Å². The van der Waals surface area contributed by atoms with Gasteiger partial charge in [0.05, 0.1) is 6.61 Å². The molecule has 0 aromatic heterocycles. The first-order valence-electron chi connectivity index (χ1n) is 7.38. The van der Waals surface area contributed by atoms with Gasteiger partial charge in [0.2, 0.25) is 0 Å². The van der Waals surface area contributed by atoms with E-state index in [0.717, 1.165) is 38.8 Å². The summed E-state index contributed by atoms with van der Waals surface area (Å²) in [6.07, 6.45) is 8.15. The standard InChI is InChI=1S/C14H28N2O/c1-2-16(13-6-4-3-5-7-13)10-14(15)12-8-9-17-11-12/h12-14H,2-11,15H2,1H3. The Morgan fingerprint density at radius 2 is 2.00 bits per heavy atom. The van der Waals surface area contributed by atoms with Gasteiger partial charge in [0, 0.05) is 31.2 Å². The number of hydrogen-bond donors (Lipinski definition) is 1. The maximum Gasteiger partial charge on any atom is 0.0510 e. The van der Waals surface area contributed by atoms with E-state index in [9.17, 15) is 0 Å². The smallest absolute Gasteiger partial charge is 0.0510 e. The second-order valence-corrected chi connectivity index (χ2v) is 5.67. The molecule has 3 heteroatoms. The van der Waals surface area contributed by atoms with Crippen molar-refractivity contribution in [3.8, 4) is 0 Å². The lowest BCUT2D eigenvalue weighted by Crippen LogP contribution is -2.47. The van der Waals surface area contributed by atoms with Crippen LogP contribution in [0.3, 0.4) is 0 Å². The summed E-state index contributed by atoms with van der Waals surface area (Å²) in [6.45, 7) is 6.27. The third kappa shape index (κ3) is 3.67. The van der Waals surface area contributed by atoms with Crippen LogP contribution in [0.5, 0.6) is 0 Å². The molecule has 0 amide bonds. The molecule has 17 heavy (non-hydrogen) atoms. The minimum absolute atomic E-state index is 0.305. The van der Waals surface area contributed by atoms with Crippen molar-refractivity contribution >= 4 is 0 Å². The number of nitrogens with zero attached hydrogens (tertiary/aromatic N) is 1. The number of ether oxygens (including phenoxy) is 1. The number of rotatable bonds is 5. The maximum atomic E-state index is 6.34. The van der Waals surface area contributed by atoms with Crippen LogP contribution in [0.4, 0.5) is 0 Å². The largest absolute Gasteiger partial charge is 0.381 e. The van der Waals surface area contributed by atoms with Crippen LogP contribution in [0.1, 0.15) is 45.4 Å². The SMILES string of the molecule is CCN(CC(N)C1CCOC1)C1CCCCC1. The van der Waals surface area contributed by atoms with E-state index in [1.54, 1.807) is 0 Å². The van der Waals surface area contributed by atoms with Gasteiger partial charge in [-0.2, -0.15) is 0 Å². The Kier molecular flexibility index (Phi) is 5.26. The summed E-state index contributed by atoms with van der Waals surface area (Å²) in [5.74, 6) is 0.590.